The molecule has 1 aliphatic heterocycles. The lowest BCUT2D eigenvalue weighted by Gasteiger charge is -2.12. The molecule has 0 spiro atoms. The van der Waals surface area contributed by atoms with Gasteiger partial charge in [0.25, 0.3) is 5.91 Å². The molecule has 1 saturated heterocycles. The minimum absolute atomic E-state index is 0.0663. The molecule has 28 heavy (non-hydrogen) atoms. The number of ether oxygens (including phenoxy) is 2. The first-order chi connectivity index (χ1) is 13.7. The van der Waals surface area contributed by atoms with Crippen molar-refractivity contribution in [2.45, 2.75) is 31.8 Å². The molecule has 0 aromatic heterocycles. The molecule has 146 valence electrons. The van der Waals surface area contributed by atoms with Crippen LogP contribution in [-0.2, 0) is 9.53 Å². The van der Waals surface area contributed by atoms with Crippen LogP contribution in [0, 0.1) is 5.92 Å². The van der Waals surface area contributed by atoms with Crippen LogP contribution in [0.1, 0.15) is 36.0 Å². The van der Waals surface area contributed by atoms with Gasteiger partial charge in [-0.3, -0.25) is 9.59 Å². The minimum Gasteiger partial charge on any atom is -0.491 e. The normalized spacial score (nSPS) is 18.5. The highest BCUT2D eigenvalue weighted by Crippen LogP contribution is 2.30. The highest BCUT2D eigenvalue weighted by atomic mass is 16.5. The van der Waals surface area contributed by atoms with Crippen LogP contribution in [0.4, 0.5) is 11.4 Å². The van der Waals surface area contributed by atoms with Crippen LogP contribution in [0.25, 0.3) is 0 Å². The largest absolute Gasteiger partial charge is 0.491 e. The topological polar surface area (TPSA) is 76.7 Å². The Kier molecular flexibility index (Phi) is 5.58. The fourth-order valence-corrected chi connectivity index (χ4v) is 3.12. The zero-order valence-corrected chi connectivity index (χ0v) is 15.6. The third-order valence-electron chi connectivity index (χ3n) is 4.91. The van der Waals surface area contributed by atoms with E-state index in [2.05, 4.69) is 10.6 Å². The fraction of sp³-hybridized carbons (Fsp3) is 0.364. The molecule has 0 radical (unpaired) electrons. The second kappa shape index (κ2) is 8.44. The second-order valence-electron chi connectivity index (χ2n) is 7.27. The molecule has 2 aliphatic rings. The van der Waals surface area contributed by atoms with E-state index in [0.29, 0.717) is 23.6 Å². The average molecular weight is 380 g/mol. The van der Waals surface area contributed by atoms with Crippen LogP contribution >= 0.6 is 0 Å². The summed E-state index contributed by atoms with van der Waals surface area (Å²) in [5.41, 5.74) is 1.93. The smallest absolute Gasteiger partial charge is 0.255 e. The zero-order chi connectivity index (χ0) is 19.3. The molecule has 2 fully saturated rings. The molecule has 0 bridgehead atoms. The van der Waals surface area contributed by atoms with Crippen LogP contribution < -0.4 is 15.4 Å². The summed E-state index contributed by atoms with van der Waals surface area (Å²) in [5, 5.41) is 5.75. The van der Waals surface area contributed by atoms with E-state index in [9.17, 15) is 9.59 Å². The lowest BCUT2D eigenvalue weighted by Crippen LogP contribution is -2.17. The molecule has 1 saturated carbocycles. The third kappa shape index (κ3) is 4.89. The van der Waals surface area contributed by atoms with Crippen molar-refractivity contribution >= 4 is 23.2 Å². The van der Waals surface area contributed by atoms with E-state index in [-0.39, 0.29) is 23.8 Å². The van der Waals surface area contributed by atoms with E-state index in [0.717, 1.165) is 38.0 Å². The molecule has 2 amide bonds. The number of carbonyl (C=O) groups excluding carboxylic acids is 2. The van der Waals surface area contributed by atoms with Crippen LogP contribution in [0.15, 0.2) is 48.5 Å². The standard InChI is InChI=1S/C22H24N2O4/c25-21(15-6-7-15)23-17-8-10-18(11-9-17)24-22(26)16-3-1-4-19(13-16)28-14-20-5-2-12-27-20/h1,3-4,8-11,13,15,20H,2,5-7,12,14H2,(H,23,25)(H,24,26). The van der Waals surface area contributed by atoms with Gasteiger partial charge in [-0.1, -0.05) is 6.07 Å². The Bertz CT molecular complexity index is 840. The summed E-state index contributed by atoms with van der Waals surface area (Å²) < 4.78 is 11.3. The summed E-state index contributed by atoms with van der Waals surface area (Å²) in [7, 11) is 0. The quantitative estimate of drug-likeness (QED) is 0.765. The van der Waals surface area contributed by atoms with E-state index in [1.807, 2.05) is 6.07 Å². The number of anilines is 2. The Morgan fingerprint density at radius 1 is 1.00 bits per heavy atom. The van der Waals surface area contributed by atoms with E-state index >= 15 is 0 Å². The van der Waals surface area contributed by atoms with Crippen molar-refractivity contribution in [3.8, 4) is 5.75 Å². The van der Waals surface area contributed by atoms with Gasteiger partial charge in [-0.05, 0) is 68.1 Å². The summed E-state index contributed by atoms with van der Waals surface area (Å²) in [4.78, 5) is 24.3. The Labute approximate surface area is 164 Å². The maximum absolute atomic E-state index is 12.5. The van der Waals surface area contributed by atoms with Gasteiger partial charge in [-0.25, -0.2) is 0 Å². The van der Waals surface area contributed by atoms with E-state index in [4.69, 9.17) is 9.47 Å². The van der Waals surface area contributed by atoms with Crippen LogP contribution in [0.5, 0.6) is 5.75 Å². The summed E-state index contributed by atoms with van der Waals surface area (Å²) in [6.07, 6.45) is 4.15. The molecule has 2 aromatic rings. The predicted molar refractivity (Wildman–Crippen MR) is 107 cm³/mol. The van der Waals surface area contributed by atoms with Gasteiger partial charge in [0.05, 0.1) is 6.10 Å². The van der Waals surface area contributed by atoms with Crippen molar-refractivity contribution in [3.05, 3.63) is 54.1 Å². The van der Waals surface area contributed by atoms with Crippen molar-refractivity contribution in [2.24, 2.45) is 5.92 Å². The molecule has 1 heterocycles. The van der Waals surface area contributed by atoms with Gasteiger partial charge in [-0.2, -0.15) is 0 Å². The van der Waals surface area contributed by atoms with Crippen molar-refractivity contribution in [1.82, 2.24) is 0 Å². The van der Waals surface area contributed by atoms with Crippen LogP contribution in [0.3, 0.4) is 0 Å². The average Bonchev–Trinajstić information content (AvgIpc) is 3.44. The Morgan fingerprint density at radius 3 is 2.43 bits per heavy atom. The number of amides is 2. The summed E-state index contributed by atoms with van der Waals surface area (Å²) >= 11 is 0. The predicted octanol–water partition coefficient (Wildman–Crippen LogP) is 3.85. The van der Waals surface area contributed by atoms with Crippen molar-refractivity contribution in [1.29, 1.82) is 0 Å². The molecule has 1 aliphatic carbocycles. The molecular weight excluding hydrogens is 356 g/mol. The van der Waals surface area contributed by atoms with Crippen LogP contribution in [-0.4, -0.2) is 31.1 Å². The van der Waals surface area contributed by atoms with Gasteiger partial charge in [0.15, 0.2) is 0 Å². The molecular formula is C22H24N2O4. The van der Waals surface area contributed by atoms with E-state index in [1.54, 1.807) is 42.5 Å². The van der Waals surface area contributed by atoms with Gasteiger partial charge in [0.2, 0.25) is 5.91 Å². The van der Waals surface area contributed by atoms with Crippen molar-refractivity contribution < 1.29 is 19.1 Å². The van der Waals surface area contributed by atoms with E-state index in [1.165, 1.54) is 0 Å². The highest BCUT2D eigenvalue weighted by Gasteiger charge is 2.29. The molecule has 6 nitrogen and oxygen atoms in total. The second-order valence-corrected chi connectivity index (χ2v) is 7.27. The lowest BCUT2D eigenvalue weighted by molar-refractivity contribution is -0.117. The molecule has 1 atom stereocenters. The maximum Gasteiger partial charge on any atom is 0.255 e. The molecule has 2 N–H and O–H groups in total. The monoisotopic (exact) mass is 380 g/mol. The fourth-order valence-electron chi connectivity index (χ4n) is 3.12. The van der Waals surface area contributed by atoms with Crippen molar-refractivity contribution in [3.63, 3.8) is 0 Å². The number of carbonyl (C=O) groups is 2. The Balaban J connectivity index is 1.32. The summed E-state index contributed by atoms with van der Waals surface area (Å²) in [6, 6.07) is 14.2. The Hall–Kier alpha value is -2.86. The molecule has 1 unspecified atom stereocenters. The number of hydrogen-bond acceptors (Lipinski definition) is 4. The SMILES string of the molecule is O=C(Nc1ccc(NC(=O)C2CC2)cc1)c1cccc(OCC2CCCO2)c1. The first-order valence-electron chi connectivity index (χ1n) is 9.74. The highest BCUT2D eigenvalue weighted by molar-refractivity contribution is 6.04. The number of nitrogens with one attached hydrogen (secondary N) is 2. The first kappa shape index (κ1) is 18.5. The van der Waals surface area contributed by atoms with Gasteiger partial charge < -0.3 is 20.1 Å². The summed E-state index contributed by atoms with van der Waals surface area (Å²) in [6.45, 7) is 1.29. The Morgan fingerprint density at radius 2 is 1.75 bits per heavy atom. The maximum atomic E-state index is 12.5. The summed E-state index contributed by atoms with van der Waals surface area (Å²) in [5.74, 6) is 0.671. The van der Waals surface area contributed by atoms with E-state index < -0.39 is 0 Å². The lowest BCUT2D eigenvalue weighted by atomic mass is 10.2. The molecule has 2 aromatic carbocycles. The van der Waals surface area contributed by atoms with Gasteiger partial charge >= 0.3 is 0 Å². The minimum atomic E-state index is -0.211. The van der Waals surface area contributed by atoms with Crippen molar-refractivity contribution in [2.75, 3.05) is 23.8 Å². The van der Waals surface area contributed by atoms with Gasteiger partial charge in [0, 0.05) is 29.5 Å². The number of hydrogen-bond donors (Lipinski definition) is 2. The molecule has 6 heteroatoms. The third-order valence-corrected chi connectivity index (χ3v) is 4.91. The van der Waals surface area contributed by atoms with Gasteiger partial charge in [0.1, 0.15) is 12.4 Å². The van der Waals surface area contributed by atoms with Crippen LogP contribution in [0.2, 0.25) is 0 Å². The first-order valence-corrected chi connectivity index (χ1v) is 9.74. The van der Waals surface area contributed by atoms with Gasteiger partial charge in [-0.15, -0.1) is 0 Å². The zero-order valence-electron chi connectivity index (χ0n) is 15.6. The number of benzene rings is 2. The molecule has 4 rings (SSSR count). The number of rotatable bonds is 7.